The van der Waals surface area contributed by atoms with Crippen LogP contribution in [-0.2, 0) is 0 Å². The van der Waals surface area contributed by atoms with E-state index >= 15 is 0 Å². The quantitative estimate of drug-likeness (QED) is 0.847. The molecule has 1 amide bonds. The lowest BCUT2D eigenvalue weighted by atomic mass is 10.1. The molecule has 2 aromatic rings. The normalized spacial score (nSPS) is 10.8. The zero-order chi connectivity index (χ0) is 12.4. The van der Waals surface area contributed by atoms with E-state index in [2.05, 4.69) is 10.3 Å². The molecule has 0 bridgehead atoms. The fourth-order valence-electron chi connectivity index (χ4n) is 1.69. The van der Waals surface area contributed by atoms with Crippen molar-refractivity contribution in [1.29, 1.82) is 0 Å². The summed E-state index contributed by atoms with van der Waals surface area (Å²) in [5.74, 6) is 0.0811. The molecular formula is C13H15N3O. The lowest BCUT2D eigenvalue weighted by Gasteiger charge is -2.13. The molecule has 1 aromatic carbocycles. The number of pyridine rings is 1. The maximum atomic E-state index is 11.4. The highest BCUT2D eigenvalue weighted by Crippen LogP contribution is 2.20. The number of amides is 1. The molecule has 0 spiro atoms. The first kappa shape index (κ1) is 11.4. The number of para-hydroxylation sites is 1. The minimum atomic E-state index is -0.466. The van der Waals surface area contributed by atoms with E-state index in [0.717, 1.165) is 10.9 Å². The molecular weight excluding hydrogens is 214 g/mol. The molecule has 1 heterocycles. The zero-order valence-electron chi connectivity index (χ0n) is 9.90. The Morgan fingerprint density at radius 3 is 2.71 bits per heavy atom. The molecule has 0 radical (unpaired) electrons. The van der Waals surface area contributed by atoms with Crippen LogP contribution in [0.1, 0.15) is 24.2 Å². The van der Waals surface area contributed by atoms with Crippen LogP contribution in [0.25, 0.3) is 10.9 Å². The van der Waals surface area contributed by atoms with Crippen LogP contribution in [0.3, 0.4) is 0 Å². The Balaban J connectivity index is 2.62. The molecule has 0 saturated carbocycles. The van der Waals surface area contributed by atoms with E-state index < -0.39 is 5.91 Å². The third kappa shape index (κ3) is 2.36. The molecule has 88 valence electrons. The van der Waals surface area contributed by atoms with Crippen molar-refractivity contribution in [3.05, 3.63) is 35.9 Å². The summed E-state index contributed by atoms with van der Waals surface area (Å²) in [6, 6.07) is 9.61. The van der Waals surface area contributed by atoms with Gasteiger partial charge in [-0.1, -0.05) is 18.2 Å². The second-order valence-electron chi connectivity index (χ2n) is 4.24. The number of aromatic nitrogens is 1. The number of fused-ring (bicyclic) bond motifs is 1. The summed E-state index contributed by atoms with van der Waals surface area (Å²) in [7, 11) is 0. The summed E-state index contributed by atoms with van der Waals surface area (Å²) >= 11 is 0. The second kappa shape index (κ2) is 4.41. The van der Waals surface area contributed by atoms with Crippen LogP contribution in [0.2, 0.25) is 0 Å². The van der Waals surface area contributed by atoms with Crippen LogP contribution in [-0.4, -0.2) is 16.9 Å². The number of hydrogen-bond acceptors (Lipinski definition) is 3. The van der Waals surface area contributed by atoms with Gasteiger partial charge in [-0.2, -0.15) is 0 Å². The number of carbonyl (C=O) groups excluding carboxylic acids is 1. The Morgan fingerprint density at radius 1 is 1.35 bits per heavy atom. The highest BCUT2D eigenvalue weighted by molar-refractivity contribution is 6.01. The van der Waals surface area contributed by atoms with E-state index in [1.807, 2.05) is 38.1 Å². The van der Waals surface area contributed by atoms with E-state index in [-0.39, 0.29) is 6.04 Å². The Kier molecular flexibility index (Phi) is 2.95. The molecule has 0 unspecified atom stereocenters. The maximum absolute atomic E-state index is 11.4. The maximum Gasteiger partial charge on any atom is 0.252 e. The van der Waals surface area contributed by atoms with E-state index in [4.69, 9.17) is 5.73 Å². The van der Waals surface area contributed by atoms with Gasteiger partial charge in [0.05, 0.1) is 11.1 Å². The van der Waals surface area contributed by atoms with Gasteiger partial charge in [-0.05, 0) is 26.0 Å². The summed E-state index contributed by atoms with van der Waals surface area (Å²) in [6.45, 7) is 3.98. The second-order valence-corrected chi connectivity index (χ2v) is 4.24. The van der Waals surface area contributed by atoms with Crippen molar-refractivity contribution in [3.8, 4) is 0 Å². The lowest BCUT2D eigenvalue weighted by molar-refractivity contribution is 0.100. The predicted molar refractivity (Wildman–Crippen MR) is 69.0 cm³/mol. The number of primary amides is 1. The number of nitrogens with zero attached hydrogens (tertiary/aromatic N) is 1. The van der Waals surface area contributed by atoms with Gasteiger partial charge in [-0.3, -0.25) is 4.79 Å². The first-order valence-electron chi connectivity index (χ1n) is 5.54. The van der Waals surface area contributed by atoms with Crippen molar-refractivity contribution in [1.82, 2.24) is 4.98 Å². The number of carbonyl (C=O) groups is 1. The Morgan fingerprint density at radius 2 is 2.06 bits per heavy atom. The minimum Gasteiger partial charge on any atom is -0.367 e. The Labute approximate surface area is 99.8 Å². The molecule has 0 aliphatic heterocycles. The third-order valence-corrected chi connectivity index (χ3v) is 2.41. The molecule has 0 atom stereocenters. The largest absolute Gasteiger partial charge is 0.367 e. The highest BCUT2D eigenvalue weighted by atomic mass is 16.1. The van der Waals surface area contributed by atoms with Gasteiger partial charge in [0, 0.05) is 11.4 Å². The molecule has 1 aromatic heterocycles. The van der Waals surface area contributed by atoms with Gasteiger partial charge in [-0.15, -0.1) is 0 Å². The van der Waals surface area contributed by atoms with Gasteiger partial charge < -0.3 is 11.1 Å². The zero-order valence-corrected chi connectivity index (χ0v) is 9.90. The van der Waals surface area contributed by atoms with E-state index in [1.54, 1.807) is 6.07 Å². The SMILES string of the molecule is CC(C)Nc1nc2ccccc2cc1C(N)=O. The summed E-state index contributed by atoms with van der Waals surface area (Å²) < 4.78 is 0. The van der Waals surface area contributed by atoms with Gasteiger partial charge in [0.15, 0.2) is 0 Å². The fraction of sp³-hybridized carbons (Fsp3) is 0.231. The van der Waals surface area contributed by atoms with E-state index in [9.17, 15) is 4.79 Å². The van der Waals surface area contributed by atoms with Crippen molar-refractivity contribution < 1.29 is 4.79 Å². The van der Waals surface area contributed by atoms with Gasteiger partial charge in [0.25, 0.3) is 5.91 Å². The molecule has 4 heteroatoms. The molecule has 0 saturated heterocycles. The molecule has 0 aliphatic carbocycles. The molecule has 0 fully saturated rings. The molecule has 0 aliphatic rings. The number of benzene rings is 1. The smallest absolute Gasteiger partial charge is 0.252 e. The number of anilines is 1. The van der Waals surface area contributed by atoms with Crippen molar-refractivity contribution >= 4 is 22.6 Å². The number of nitrogens with one attached hydrogen (secondary N) is 1. The monoisotopic (exact) mass is 229 g/mol. The summed E-state index contributed by atoms with van der Waals surface area (Å²) in [5, 5.41) is 4.05. The number of nitrogens with two attached hydrogens (primary N) is 1. The molecule has 3 N–H and O–H groups in total. The lowest BCUT2D eigenvalue weighted by Crippen LogP contribution is -2.19. The van der Waals surface area contributed by atoms with Crippen molar-refractivity contribution in [2.75, 3.05) is 5.32 Å². The minimum absolute atomic E-state index is 0.196. The fourth-order valence-corrected chi connectivity index (χ4v) is 1.69. The van der Waals surface area contributed by atoms with Gasteiger partial charge in [0.1, 0.15) is 5.82 Å². The van der Waals surface area contributed by atoms with E-state index in [1.165, 1.54) is 0 Å². The van der Waals surface area contributed by atoms with Crippen molar-refractivity contribution in [3.63, 3.8) is 0 Å². The predicted octanol–water partition coefficient (Wildman–Crippen LogP) is 2.15. The van der Waals surface area contributed by atoms with E-state index in [0.29, 0.717) is 11.4 Å². The number of hydrogen-bond donors (Lipinski definition) is 2. The Bertz CT molecular complexity index is 564. The van der Waals surface area contributed by atoms with Crippen molar-refractivity contribution in [2.45, 2.75) is 19.9 Å². The highest BCUT2D eigenvalue weighted by Gasteiger charge is 2.12. The first-order valence-corrected chi connectivity index (χ1v) is 5.54. The summed E-state index contributed by atoms with van der Waals surface area (Å²) in [6.07, 6.45) is 0. The Hall–Kier alpha value is -2.10. The van der Waals surface area contributed by atoms with Crippen LogP contribution in [0.15, 0.2) is 30.3 Å². The van der Waals surface area contributed by atoms with Gasteiger partial charge >= 0.3 is 0 Å². The topological polar surface area (TPSA) is 68.0 Å². The van der Waals surface area contributed by atoms with Crippen molar-refractivity contribution in [2.24, 2.45) is 5.73 Å². The summed E-state index contributed by atoms with van der Waals surface area (Å²) in [4.78, 5) is 15.8. The number of rotatable bonds is 3. The molecule has 4 nitrogen and oxygen atoms in total. The van der Waals surface area contributed by atoms with Crippen LogP contribution in [0.4, 0.5) is 5.82 Å². The van der Waals surface area contributed by atoms with Crippen LogP contribution in [0.5, 0.6) is 0 Å². The first-order chi connectivity index (χ1) is 8.08. The van der Waals surface area contributed by atoms with Gasteiger partial charge in [0.2, 0.25) is 0 Å². The summed E-state index contributed by atoms with van der Waals surface area (Å²) in [5.41, 5.74) is 6.64. The molecule has 2 rings (SSSR count). The average molecular weight is 229 g/mol. The molecule has 17 heavy (non-hydrogen) atoms. The standard InChI is InChI=1S/C13H15N3O/c1-8(2)15-13-10(12(14)17)7-9-5-3-4-6-11(9)16-13/h3-8H,1-2H3,(H2,14,17)(H,15,16). The van der Waals surface area contributed by atoms with Gasteiger partial charge in [-0.25, -0.2) is 4.98 Å². The third-order valence-electron chi connectivity index (χ3n) is 2.41. The van der Waals surface area contributed by atoms with Crippen LogP contribution < -0.4 is 11.1 Å². The average Bonchev–Trinajstić information content (AvgIpc) is 2.27. The van der Waals surface area contributed by atoms with Crippen LogP contribution >= 0.6 is 0 Å². The van der Waals surface area contributed by atoms with Crippen LogP contribution in [0, 0.1) is 0 Å².